The van der Waals surface area contributed by atoms with E-state index in [2.05, 4.69) is 5.32 Å². The number of hydrogen-bond acceptors (Lipinski definition) is 6. The molecule has 2 amide bonds. The van der Waals surface area contributed by atoms with Gasteiger partial charge in [0.25, 0.3) is 0 Å². The zero-order chi connectivity index (χ0) is 26.0. The molecule has 0 aromatic heterocycles. The van der Waals surface area contributed by atoms with Gasteiger partial charge in [0, 0.05) is 5.69 Å². The number of benzene rings is 2. The Bertz CT molecular complexity index is 1180. The predicted molar refractivity (Wildman–Crippen MR) is 120 cm³/mol. The number of nitrogens with one attached hydrogen (secondary N) is 1. The summed E-state index contributed by atoms with van der Waals surface area (Å²) in [6.07, 6.45) is -4.27. The summed E-state index contributed by atoms with van der Waals surface area (Å²) in [6.45, 7) is 0.169. The number of aliphatic hydroxyl groups is 1. The minimum absolute atomic E-state index is 0.0538. The molecule has 1 fully saturated rings. The van der Waals surface area contributed by atoms with Crippen LogP contribution >= 0.6 is 0 Å². The van der Waals surface area contributed by atoms with Crippen LogP contribution in [-0.4, -0.2) is 44.1 Å². The fraction of sp³-hybridized carbons (Fsp3) is 0.391. The molecule has 190 valence electrons. The van der Waals surface area contributed by atoms with E-state index in [-0.39, 0.29) is 22.3 Å². The van der Waals surface area contributed by atoms with Gasteiger partial charge in [-0.15, -0.1) is 0 Å². The smallest absolute Gasteiger partial charge is 0.421 e. The molecule has 1 aliphatic rings. The van der Waals surface area contributed by atoms with Crippen molar-refractivity contribution in [2.75, 3.05) is 17.7 Å². The van der Waals surface area contributed by atoms with E-state index in [9.17, 15) is 36.3 Å². The third kappa shape index (κ3) is 6.51. The number of nitrogens with two attached hydrogens (primary N) is 1. The van der Waals surface area contributed by atoms with Gasteiger partial charge in [-0.25, -0.2) is 13.2 Å². The highest BCUT2D eigenvalue weighted by Gasteiger charge is 2.51. The molecule has 3 rings (SSSR count). The van der Waals surface area contributed by atoms with Crippen molar-refractivity contribution < 1.29 is 41.0 Å². The molecule has 1 aliphatic carbocycles. The molecular weight excluding hydrogens is 489 g/mol. The number of carbonyl (C=O) groups excluding carboxylic acids is 2. The molecule has 4 N–H and O–H groups in total. The first-order chi connectivity index (χ1) is 16.2. The lowest BCUT2D eigenvalue weighted by Crippen LogP contribution is -2.39. The number of primary amides is 1. The molecule has 0 heterocycles. The molecule has 0 aliphatic heterocycles. The molecule has 12 heteroatoms. The van der Waals surface area contributed by atoms with Gasteiger partial charge in [0.1, 0.15) is 6.61 Å². The van der Waals surface area contributed by atoms with Gasteiger partial charge in [-0.2, -0.15) is 13.2 Å². The van der Waals surface area contributed by atoms with Crippen molar-refractivity contribution in [1.29, 1.82) is 0 Å². The summed E-state index contributed by atoms with van der Waals surface area (Å²) < 4.78 is 68.8. The molecule has 8 nitrogen and oxygen atoms in total. The van der Waals surface area contributed by atoms with Crippen LogP contribution in [-0.2, 0) is 25.0 Å². The third-order valence-electron chi connectivity index (χ3n) is 5.77. The number of alkyl halides is 3. The molecule has 2 atom stereocenters. The van der Waals surface area contributed by atoms with Crippen LogP contribution in [0.2, 0.25) is 0 Å². The molecule has 2 unspecified atom stereocenters. The van der Waals surface area contributed by atoms with Crippen LogP contribution in [0.15, 0.2) is 53.4 Å². The van der Waals surface area contributed by atoms with Crippen molar-refractivity contribution in [3.05, 3.63) is 59.7 Å². The topological polar surface area (TPSA) is 136 Å². The maximum atomic E-state index is 13.0. The van der Waals surface area contributed by atoms with Crippen molar-refractivity contribution in [2.24, 2.45) is 11.7 Å². The summed E-state index contributed by atoms with van der Waals surface area (Å²) in [5.41, 5.74) is 1.99. The van der Waals surface area contributed by atoms with E-state index in [4.69, 9.17) is 10.5 Å². The first kappa shape index (κ1) is 26.5. The number of hydrogen-bond donors (Lipinski definition) is 3. The average molecular weight is 515 g/mol. The lowest BCUT2D eigenvalue weighted by Gasteiger charge is -2.26. The highest BCUT2D eigenvalue weighted by molar-refractivity contribution is 7.91. The van der Waals surface area contributed by atoms with Crippen molar-refractivity contribution in [2.45, 2.75) is 42.4 Å². The number of ether oxygens (including phenoxy) is 1. The Morgan fingerprint density at radius 1 is 1.11 bits per heavy atom. The predicted octanol–water partition coefficient (Wildman–Crippen LogP) is 3.46. The summed E-state index contributed by atoms with van der Waals surface area (Å²) in [6, 6.07) is 10.0. The molecule has 0 spiro atoms. The monoisotopic (exact) mass is 514 g/mol. The Balaban J connectivity index is 1.78. The zero-order valence-electron chi connectivity index (χ0n) is 18.7. The van der Waals surface area contributed by atoms with Crippen LogP contribution in [0.3, 0.4) is 0 Å². The van der Waals surface area contributed by atoms with Crippen LogP contribution in [0.25, 0.3) is 0 Å². The Kier molecular flexibility index (Phi) is 7.46. The molecule has 0 radical (unpaired) electrons. The Morgan fingerprint density at radius 2 is 1.69 bits per heavy atom. The van der Waals surface area contributed by atoms with Crippen molar-refractivity contribution in [1.82, 2.24) is 0 Å². The SMILES string of the molecule is CC(O)(c1ccc(NC(=O)C(COC(N)=O)c2ccc(S(=O)(=O)CC3CC3)cc2)cc1)C(F)(F)F. The van der Waals surface area contributed by atoms with Crippen LogP contribution in [0.1, 0.15) is 36.8 Å². The maximum absolute atomic E-state index is 13.0. The van der Waals surface area contributed by atoms with Crippen molar-refractivity contribution in [3.63, 3.8) is 0 Å². The second-order valence-corrected chi connectivity index (χ2v) is 10.6. The number of carbonyl (C=O) groups is 2. The third-order valence-corrected chi connectivity index (χ3v) is 7.67. The summed E-state index contributed by atoms with van der Waals surface area (Å²) in [5, 5.41) is 12.3. The summed E-state index contributed by atoms with van der Waals surface area (Å²) in [4.78, 5) is 24.1. The number of sulfone groups is 1. The molecule has 2 aromatic rings. The minimum atomic E-state index is -4.90. The van der Waals surface area contributed by atoms with Crippen molar-refractivity contribution >= 4 is 27.5 Å². The van der Waals surface area contributed by atoms with Gasteiger partial charge in [-0.05, 0) is 61.1 Å². The van der Waals surface area contributed by atoms with Crippen LogP contribution in [0.4, 0.5) is 23.7 Å². The van der Waals surface area contributed by atoms with Gasteiger partial charge in [0.05, 0.1) is 16.6 Å². The highest BCUT2D eigenvalue weighted by atomic mass is 32.2. The second-order valence-electron chi connectivity index (χ2n) is 8.61. The van der Waals surface area contributed by atoms with Gasteiger partial charge in [-0.3, -0.25) is 4.79 Å². The number of rotatable bonds is 9. The van der Waals surface area contributed by atoms with Gasteiger partial charge in [-0.1, -0.05) is 24.3 Å². The highest BCUT2D eigenvalue weighted by Crippen LogP contribution is 2.38. The molecule has 1 saturated carbocycles. The standard InChI is InChI=1S/C23H25F3N2O6S/c1-22(31,23(24,25)26)16-6-8-17(9-7-16)28-20(29)19(12-34-21(27)30)15-4-10-18(11-5-15)35(32,33)13-14-2-3-14/h4-11,14,19,31H,2-3,12-13H2,1H3,(H2,27,30)(H,28,29). The number of anilines is 1. The summed E-state index contributed by atoms with van der Waals surface area (Å²) in [5.74, 6) is -1.54. The van der Waals surface area contributed by atoms with E-state index in [0.717, 1.165) is 25.0 Å². The Hall–Kier alpha value is -3.12. The van der Waals surface area contributed by atoms with Gasteiger partial charge >= 0.3 is 12.3 Å². The van der Waals surface area contributed by atoms with E-state index >= 15 is 0 Å². The Morgan fingerprint density at radius 3 is 2.17 bits per heavy atom. The molecule has 35 heavy (non-hydrogen) atoms. The first-order valence-corrected chi connectivity index (χ1v) is 12.3. The largest absolute Gasteiger partial charge is 0.449 e. The van der Waals surface area contributed by atoms with E-state index in [0.29, 0.717) is 12.5 Å². The normalized spacial score (nSPS) is 16.7. The van der Waals surface area contributed by atoms with Crippen molar-refractivity contribution in [3.8, 4) is 0 Å². The summed E-state index contributed by atoms with van der Waals surface area (Å²) in [7, 11) is -3.47. The number of amides is 2. The first-order valence-electron chi connectivity index (χ1n) is 10.7. The van der Waals surface area contributed by atoms with E-state index < -0.39 is 51.7 Å². The minimum Gasteiger partial charge on any atom is -0.449 e. The Labute approximate surface area is 200 Å². The van der Waals surface area contributed by atoms with Gasteiger partial charge in [0.2, 0.25) is 5.91 Å². The lowest BCUT2D eigenvalue weighted by atomic mass is 9.95. The second kappa shape index (κ2) is 9.86. The van der Waals surface area contributed by atoms with Gasteiger partial charge < -0.3 is 20.9 Å². The van der Waals surface area contributed by atoms with E-state index in [1.165, 1.54) is 36.4 Å². The van der Waals surface area contributed by atoms with Crippen LogP contribution in [0.5, 0.6) is 0 Å². The van der Waals surface area contributed by atoms with Crippen LogP contribution < -0.4 is 11.1 Å². The molecule has 0 bridgehead atoms. The van der Waals surface area contributed by atoms with E-state index in [1.807, 2.05) is 0 Å². The fourth-order valence-corrected chi connectivity index (χ4v) is 5.06. The van der Waals surface area contributed by atoms with E-state index in [1.54, 1.807) is 0 Å². The fourth-order valence-electron chi connectivity index (χ4n) is 3.36. The maximum Gasteiger partial charge on any atom is 0.421 e. The van der Waals surface area contributed by atoms with Gasteiger partial charge in [0.15, 0.2) is 15.4 Å². The quantitative estimate of drug-likeness (QED) is 0.469. The number of halogens is 3. The van der Waals surface area contributed by atoms with Crippen LogP contribution in [0, 0.1) is 5.92 Å². The zero-order valence-corrected chi connectivity index (χ0v) is 19.5. The average Bonchev–Trinajstić information content (AvgIpc) is 3.57. The lowest BCUT2D eigenvalue weighted by molar-refractivity contribution is -0.258. The molecule has 2 aromatic carbocycles. The molecular formula is C23H25F3N2O6S. The molecule has 0 saturated heterocycles. The summed E-state index contributed by atoms with van der Waals surface area (Å²) >= 11 is 0.